The Morgan fingerprint density at radius 3 is 2.60 bits per heavy atom. The van der Waals surface area contributed by atoms with Crippen LogP contribution in [0.15, 0.2) is 29.3 Å². The molecule has 1 aliphatic rings. The van der Waals surface area contributed by atoms with Gasteiger partial charge in [-0.3, -0.25) is 4.79 Å². The van der Waals surface area contributed by atoms with Crippen molar-refractivity contribution < 1.29 is 34.8 Å². The van der Waals surface area contributed by atoms with Gasteiger partial charge in [-0.2, -0.15) is 0 Å². The molecule has 0 saturated heterocycles. The fourth-order valence-corrected chi connectivity index (χ4v) is 2.45. The van der Waals surface area contributed by atoms with E-state index in [0.717, 1.165) is 12.1 Å². The summed E-state index contributed by atoms with van der Waals surface area (Å²) >= 11 is 5.85. The zero-order valence-electron chi connectivity index (χ0n) is 13.1. The standard InChI is InChI=1S/C17H17ClO7/c18-10-4-5-25-17(24)15-9(6-11(19)8-13(15)21)2-1-3-12(20)16(23)14(22)7-10/h1-2,6-8,12,16,19-21,23H,3-5H2/b2-1+,10-7+/t12-,16-/m0/s1. The number of cyclic esters (lactones) is 1. The van der Waals surface area contributed by atoms with Crippen molar-refractivity contribution in [1.29, 1.82) is 0 Å². The van der Waals surface area contributed by atoms with E-state index in [1.54, 1.807) is 0 Å². The van der Waals surface area contributed by atoms with Crippen LogP contribution in [0.4, 0.5) is 0 Å². The summed E-state index contributed by atoms with van der Waals surface area (Å²) in [5.41, 5.74) is 0.00606. The lowest BCUT2D eigenvalue weighted by Crippen LogP contribution is -2.32. The number of rotatable bonds is 0. The second-order valence-electron chi connectivity index (χ2n) is 5.46. The Hall–Kier alpha value is -2.35. The molecule has 8 heteroatoms. The lowest BCUT2D eigenvalue weighted by molar-refractivity contribution is -0.127. The van der Waals surface area contributed by atoms with Crippen LogP contribution in [0.2, 0.25) is 0 Å². The number of phenols is 2. The maximum atomic E-state index is 12.2. The Bertz CT molecular complexity index is 739. The van der Waals surface area contributed by atoms with Gasteiger partial charge in [-0.15, -0.1) is 0 Å². The smallest absolute Gasteiger partial charge is 0.342 e. The second kappa shape index (κ2) is 8.15. The second-order valence-corrected chi connectivity index (χ2v) is 5.94. The molecule has 0 saturated carbocycles. The third-order valence-corrected chi connectivity index (χ3v) is 3.84. The third kappa shape index (κ3) is 4.82. The minimum absolute atomic E-state index is 0.0197. The van der Waals surface area contributed by atoms with E-state index in [1.807, 2.05) is 0 Å². The highest BCUT2D eigenvalue weighted by atomic mass is 35.5. The molecule has 1 aromatic rings. The quantitative estimate of drug-likeness (QED) is 0.511. The number of aliphatic hydroxyl groups excluding tert-OH is 2. The highest BCUT2D eigenvalue weighted by molar-refractivity contribution is 6.31. The summed E-state index contributed by atoms with van der Waals surface area (Å²) in [6.45, 7) is -0.163. The molecule has 7 nitrogen and oxygen atoms in total. The van der Waals surface area contributed by atoms with E-state index in [9.17, 15) is 30.0 Å². The van der Waals surface area contributed by atoms with Gasteiger partial charge in [0.15, 0.2) is 5.78 Å². The van der Waals surface area contributed by atoms with Gasteiger partial charge >= 0.3 is 5.97 Å². The number of carbonyl (C=O) groups is 2. The zero-order chi connectivity index (χ0) is 18.6. The van der Waals surface area contributed by atoms with Crippen molar-refractivity contribution >= 4 is 29.4 Å². The average molecular weight is 369 g/mol. The fraction of sp³-hybridized carbons (Fsp3) is 0.294. The predicted octanol–water partition coefficient (Wildman–Crippen LogP) is 1.48. The number of carbonyl (C=O) groups excluding carboxylic acids is 2. The van der Waals surface area contributed by atoms with Gasteiger partial charge in [0.1, 0.15) is 23.2 Å². The van der Waals surface area contributed by atoms with Gasteiger partial charge in [0.25, 0.3) is 0 Å². The lowest BCUT2D eigenvalue weighted by Gasteiger charge is -2.15. The van der Waals surface area contributed by atoms with Gasteiger partial charge in [0.05, 0.1) is 12.7 Å². The van der Waals surface area contributed by atoms with Crippen LogP contribution in [0.1, 0.15) is 28.8 Å². The minimum atomic E-state index is -1.65. The van der Waals surface area contributed by atoms with Crippen molar-refractivity contribution in [3.63, 3.8) is 0 Å². The lowest BCUT2D eigenvalue weighted by atomic mass is 10.0. The molecule has 0 fully saturated rings. The van der Waals surface area contributed by atoms with Crippen LogP contribution in [0.25, 0.3) is 6.08 Å². The maximum absolute atomic E-state index is 12.2. The number of hydrogen-bond acceptors (Lipinski definition) is 7. The van der Waals surface area contributed by atoms with Crippen LogP contribution < -0.4 is 0 Å². The van der Waals surface area contributed by atoms with Crippen LogP contribution in [0, 0.1) is 0 Å². The summed E-state index contributed by atoms with van der Waals surface area (Å²) < 4.78 is 5.02. The zero-order valence-corrected chi connectivity index (χ0v) is 13.8. The first kappa shape index (κ1) is 19.0. The van der Waals surface area contributed by atoms with Crippen molar-refractivity contribution in [3.05, 3.63) is 40.4 Å². The molecule has 0 spiro atoms. The maximum Gasteiger partial charge on any atom is 0.342 e. The Morgan fingerprint density at radius 2 is 1.88 bits per heavy atom. The Kier molecular flexibility index (Phi) is 6.19. The van der Waals surface area contributed by atoms with Gasteiger partial charge in [0, 0.05) is 17.5 Å². The van der Waals surface area contributed by atoms with Crippen molar-refractivity contribution in [2.24, 2.45) is 0 Å². The van der Waals surface area contributed by atoms with Crippen molar-refractivity contribution in [1.82, 2.24) is 0 Å². The number of esters is 1. The summed E-state index contributed by atoms with van der Waals surface area (Å²) in [6, 6.07) is 2.24. The Morgan fingerprint density at radius 1 is 1.16 bits per heavy atom. The van der Waals surface area contributed by atoms with E-state index in [2.05, 4.69) is 0 Å². The molecule has 4 N–H and O–H groups in total. The number of ketones is 1. The van der Waals surface area contributed by atoms with Crippen LogP contribution in [-0.2, 0) is 9.53 Å². The summed E-state index contributed by atoms with van der Waals surface area (Å²) in [5, 5.41) is 39.2. The van der Waals surface area contributed by atoms with Crippen molar-refractivity contribution in [3.8, 4) is 11.5 Å². The third-order valence-electron chi connectivity index (χ3n) is 3.54. The molecule has 0 amide bonds. The normalized spacial score (nSPS) is 26.0. The number of fused-ring (bicyclic) bond motifs is 1. The number of hydrogen-bond donors (Lipinski definition) is 4. The molecule has 134 valence electrons. The minimum Gasteiger partial charge on any atom is -0.508 e. The van der Waals surface area contributed by atoms with E-state index < -0.39 is 29.7 Å². The molecule has 2 rings (SSSR count). The molecule has 0 aliphatic carbocycles. The van der Waals surface area contributed by atoms with Crippen LogP contribution in [0.5, 0.6) is 11.5 Å². The van der Waals surface area contributed by atoms with E-state index in [4.69, 9.17) is 16.3 Å². The molecular weight excluding hydrogens is 352 g/mol. The van der Waals surface area contributed by atoms with Crippen LogP contribution in [-0.4, -0.2) is 51.0 Å². The first-order chi connectivity index (χ1) is 11.8. The van der Waals surface area contributed by atoms with Crippen molar-refractivity contribution in [2.45, 2.75) is 25.0 Å². The van der Waals surface area contributed by atoms with Crippen molar-refractivity contribution in [2.75, 3.05) is 6.61 Å². The number of halogens is 1. The number of aliphatic hydroxyl groups is 2. The Labute approximate surface area is 148 Å². The number of aromatic hydroxyl groups is 2. The fourth-order valence-electron chi connectivity index (χ4n) is 2.27. The topological polar surface area (TPSA) is 124 Å². The molecule has 0 aromatic heterocycles. The van der Waals surface area contributed by atoms with E-state index in [0.29, 0.717) is 0 Å². The molecule has 2 atom stereocenters. The van der Waals surface area contributed by atoms with Gasteiger partial charge in [-0.25, -0.2) is 4.79 Å². The largest absolute Gasteiger partial charge is 0.508 e. The highest BCUT2D eigenvalue weighted by Crippen LogP contribution is 2.29. The highest BCUT2D eigenvalue weighted by Gasteiger charge is 2.23. The van der Waals surface area contributed by atoms with Gasteiger partial charge in [0.2, 0.25) is 0 Å². The summed E-state index contributed by atoms with van der Waals surface area (Å²) in [7, 11) is 0. The first-order valence-electron chi connectivity index (χ1n) is 7.45. The first-order valence-corrected chi connectivity index (χ1v) is 7.83. The van der Waals surface area contributed by atoms with Gasteiger partial charge in [-0.05, 0) is 24.1 Å². The van der Waals surface area contributed by atoms with E-state index >= 15 is 0 Å². The molecule has 0 unspecified atom stereocenters. The number of benzene rings is 1. The average Bonchev–Trinajstić information content (AvgIpc) is 2.52. The molecule has 1 aromatic carbocycles. The molecule has 1 heterocycles. The monoisotopic (exact) mass is 368 g/mol. The van der Waals surface area contributed by atoms with Crippen LogP contribution >= 0.6 is 11.6 Å². The molecule has 1 aliphatic heterocycles. The molecule has 25 heavy (non-hydrogen) atoms. The number of ether oxygens (including phenoxy) is 1. The van der Waals surface area contributed by atoms with E-state index in [-0.39, 0.29) is 41.4 Å². The van der Waals surface area contributed by atoms with Gasteiger partial charge in [-0.1, -0.05) is 23.8 Å². The van der Waals surface area contributed by atoms with Crippen LogP contribution in [0.3, 0.4) is 0 Å². The molecular formula is C17H17ClO7. The predicted molar refractivity (Wildman–Crippen MR) is 89.3 cm³/mol. The number of phenolic OH excluding ortho intramolecular Hbond substituents is 2. The molecule has 0 bridgehead atoms. The SMILES string of the molecule is O=C1OCC/C(Cl)=C\C(=O)[C@@H](O)[C@@H](O)C/C=C/c2cc(O)cc(O)c21. The summed E-state index contributed by atoms with van der Waals surface area (Å²) in [5.74, 6) is -2.32. The summed E-state index contributed by atoms with van der Waals surface area (Å²) in [6.07, 6.45) is 0.612. The summed E-state index contributed by atoms with van der Waals surface area (Å²) in [4.78, 5) is 24.0. The molecule has 0 radical (unpaired) electrons. The Balaban J connectivity index is 2.41. The van der Waals surface area contributed by atoms with E-state index in [1.165, 1.54) is 18.2 Å². The van der Waals surface area contributed by atoms with Gasteiger partial charge < -0.3 is 25.2 Å².